The third kappa shape index (κ3) is 4.56. The Labute approximate surface area is 161 Å². The average Bonchev–Trinajstić information content (AvgIpc) is 3.16. The van der Waals surface area contributed by atoms with Gasteiger partial charge in [-0.05, 0) is 61.9 Å². The van der Waals surface area contributed by atoms with Crippen LogP contribution in [0.15, 0.2) is 36.4 Å². The molecule has 0 bridgehead atoms. The highest BCUT2D eigenvalue weighted by Gasteiger charge is 2.28. The Morgan fingerprint density at radius 3 is 2.11 bits per heavy atom. The second-order valence-electron chi connectivity index (χ2n) is 7.63. The molecule has 2 aromatic rings. The molecule has 4 heteroatoms. The first-order valence-electron chi connectivity index (χ1n) is 9.81. The Morgan fingerprint density at radius 1 is 1.00 bits per heavy atom. The van der Waals surface area contributed by atoms with E-state index in [0.29, 0.717) is 19.0 Å². The summed E-state index contributed by atoms with van der Waals surface area (Å²) in [4.78, 5) is 5.71. The zero-order valence-corrected chi connectivity index (χ0v) is 16.5. The molecule has 1 aliphatic carbocycles. The van der Waals surface area contributed by atoms with E-state index in [1.54, 1.807) is 7.11 Å². The Bertz CT molecular complexity index is 730. The van der Waals surface area contributed by atoms with Crippen molar-refractivity contribution in [3.8, 4) is 0 Å². The van der Waals surface area contributed by atoms with Gasteiger partial charge in [-0.3, -0.25) is 0 Å². The summed E-state index contributed by atoms with van der Waals surface area (Å²) in [5.74, 6) is -0.995. The van der Waals surface area contributed by atoms with E-state index in [2.05, 4.69) is 26.0 Å². The van der Waals surface area contributed by atoms with Gasteiger partial charge in [-0.2, -0.15) is 5.06 Å². The van der Waals surface area contributed by atoms with Crippen LogP contribution in [0.25, 0.3) is 0 Å². The predicted molar refractivity (Wildman–Crippen MR) is 105 cm³/mol. The molecule has 0 spiro atoms. The number of nitrogens with zero attached hydrogens (tertiary/aromatic N) is 1. The Morgan fingerprint density at radius 2 is 1.56 bits per heavy atom. The maximum Gasteiger partial charge on any atom is 0.129 e. The van der Waals surface area contributed by atoms with E-state index in [1.807, 2.05) is 11.1 Å². The van der Waals surface area contributed by atoms with Gasteiger partial charge < -0.3 is 4.84 Å². The monoisotopic (exact) mass is 373 g/mol. The number of rotatable bonds is 7. The van der Waals surface area contributed by atoms with Crippen LogP contribution in [-0.4, -0.2) is 24.8 Å². The lowest BCUT2D eigenvalue weighted by Crippen LogP contribution is -2.36. The second-order valence-corrected chi connectivity index (χ2v) is 7.63. The number of hydroxylamine groups is 2. The van der Waals surface area contributed by atoms with Crippen LogP contribution in [0.2, 0.25) is 0 Å². The molecule has 0 heterocycles. The lowest BCUT2D eigenvalue weighted by molar-refractivity contribution is -0.163. The smallest absolute Gasteiger partial charge is 0.129 e. The van der Waals surface area contributed by atoms with Crippen LogP contribution >= 0.6 is 0 Å². The van der Waals surface area contributed by atoms with Gasteiger partial charge in [0.05, 0.1) is 7.11 Å². The molecular weight excluding hydrogens is 344 g/mol. The summed E-state index contributed by atoms with van der Waals surface area (Å²) in [6.45, 7) is 4.76. The van der Waals surface area contributed by atoms with Crippen molar-refractivity contribution in [2.45, 2.75) is 57.9 Å². The van der Waals surface area contributed by atoms with Crippen molar-refractivity contribution in [3.05, 3.63) is 70.3 Å². The quantitative estimate of drug-likeness (QED) is 0.576. The minimum absolute atomic E-state index is 0.0434. The van der Waals surface area contributed by atoms with Gasteiger partial charge in [0.15, 0.2) is 0 Å². The number of aryl methyl sites for hydroxylation is 2. The van der Waals surface area contributed by atoms with Gasteiger partial charge in [0.2, 0.25) is 0 Å². The Hall–Kier alpha value is -1.78. The van der Waals surface area contributed by atoms with Gasteiger partial charge in [-0.1, -0.05) is 37.1 Å². The second kappa shape index (κ2) is 8.94. The van der Waals surface area contributed by atoms with Crippen LogP contribution in [0.1, 0.15) is 53.9 Å². The molecule has 0 amide bonds. The molecule has 0 radical (unpaired) electrons. The summed E-state index contributed by atoms with van der Waals surface area (Å²) in [5, 5.41) is 2.03. The van der Waals surface area contributed by atoms with E-state index in [0.717, 1.165) is 24.0 Å². The van der Waals surface area contributed by atoms with Crippen molar-refractivity contribution in [1.29, 1.82) is 0 Å². The summed E-state index contributed by atoms with van der Waals surface area (Å²) in [7, 11) is 1.70. The molecule has 0 aliphatic heterocycles. The Kier molecular flexibility index (Phi) is 6.61. The van der Waals surface area contributed by atoms with Gasteiger partial charge in [0, 0.05) is 24.1 Å². The molecule has 3 rings (SSSR count). The standard InChI is InChI=1S/C23H29F2NO/c1-16-8-6-9-17(2)23(16)18(14-20-21(24)12-7-13-22(20)25)15-26(27-3)19-10-4-5-11-19/h6-9,12-13,18-19H,4-5,10-11,14-15H2,1-3H3. The van der Waals surface area contributed by atoms with Crippen LogP contribution in [0, 0.1) is 25.5 Å². The van der Waals surface area contributed by atoms with Gasteiger partial charge in [-0.25, -0.2) is 8.78 Å². The summed E-state index contributed by atoms with van der Waals surface area (Å²) in [5.41, 5.74) is 3.63. The zero-order chi connectivity index (χ0) is 19.4. The van der Waals surface area contributed by atoms with Crippen LogP contribution in [0.5, 0.6) is 0 Å². The lowest BCUT2D eigenvalue weighted by Gasteiger charge is -2.32. The van der Waals surface area contributed by atoms with Gasteiger partial charge in [0.1, 0.15) is 11.6 Å². The first-order valence-corrected chi connectivity index (χ1v) is 9.81. The van der Waals surface area contributed by atoms with Gasteiger partial charge in [-0.15, -0.1) is 0 Å². The highest BCUT2D eigenvalue weighted by molar-refractivity contribution is 5.38. The van der Waals surface area contributed by atoms with E-state index in [-0.39, 0.29) is 11.5 Å². The van der Waals surface area contributed by atoms with Crippen molar-refractivity contribution in [3.63, 3.8) is 0 Å². The van der Waals surface area contributed by atoms with Crippen molar-refractivity contribution in [2.24, 2.45) is 0 Å². The first-order chi connectivity index (χ1) is 13.0. The Balaban J connectivity index is 1.95. The largest absolute Gasteiger partial charge is 0.302 e. The third-order valence-corrected chi connectivity index (χ3v) is 5.83. The molecule has 1 aliphatic rings. The highest BCUT2D eigenvalue weighted by atomic mass is 19.1. The van der Waals surface area contributed by atoms with E-state index in [4.69, 9.17) is 4.84 Å². The number of benzene rings is 2. The van der Waals surface area contributed by atoms with E-state index >= 15 is 0 Å². The fraction of sp³-hybridized carbons (Fsp3) is 0.478. The summed E-state index contributed by atoms with van der Waals surface area (Å²) in [6.07, 6.45) is 4.96. The number of hydrogen-bond acceptors (Lipinski definition) is 2. The molecule has 0 saturated heterocycles. The number of hydrogen-bond donors (Lipinski definition) is 0. The first kappa shape index (κ1) is 20.0. The van der Waals surface area contributed by atoms with Crippen LogP contribution in [0.4, 0.5) is 8.78 Å². The SMILES string of the molecule is CON(CC(Cc1c(F)cccc1F)c1c(C)cccc1C)C1CCCC1. The van der Waals surface area contributed by atoms with Crippen molar-refractivity contribution < 1.29 is 13.6 Å². The molecule has 0 aromatic heterocycles. The molecule has 27 heavy (non-hydrogen) atoms. The van der Waals surface area contributed by atoms with Crippen LogP contribution in [-0.2, 0) is 11.3 Å². The molecular formula is C23H29F2NO. The number of halogens is 2. The van der Waals surface area contributed by atoms with E-state index < -0.39 is 11.6 Å². The summed E-state index contributed by atoms with van der Waals surface area (Å²) < 4.78 is 28.7. The fourth-order valence-electron chi connectivity index (χ4n) is 4.49. The lowest BCUT2D eigenvalue weighted by atomic mass is 9.85. The highest BCUT2D eigenvalue weighted by Crippen LogP contribution is 2.32. The van der Waals surface area contributed by atoms with Crippen molar-refractivity contribution >= 4 is 0 Å². The van der Waals surface area contributed by atoms with Crippen molar-refractivity contribution in [2.75, 3.05) is 13.7 Å². The minimum atomic E-state index is -0.476. The van der Waals surface area contributed by atoms with Gasteiger partial charge >= 0.3 is 0 Å². The summed E-state index contributed by atoms with van der Waals surface area (Å²) in [6, 6.07) is 10.6. The van der Waals surface area contributed by atoms with Crippen LogP contribution < -0.4 is 0 Å². The van der Waals surface area contributed by atoms with Gasteiger partial charge in [0.25, 0.3) is 0 Å². The maximum absolute atomic E-state index is 14.4. The molecule has 2 nitrogen and oxygen atoms in total. The van der Waals surface area contributed by atoms with E-state index in [1.165, 1.54) is 36.6 Å². The summed E-state index contributed by atoms with van der Waals surface area (Å²) >= 11 is 0. The minimum Gasteiger partial charge on any atom is -0.302 e. The zero-order valence-electron chi connectivity index (χ0n) is 16.5. The molecule has 0 N–H and O–H groups in total. The molecule has 2 aromatic carbocycles. The van der Waals surface area contributed by atoms with Crippen LogP contribution in [0.3, 0.4) is 0 Å². The molecule has 1 atom stereocenters. The van der Waals surface area contributed by atoms with Crippen molar-refractivity contribution in [1.82, 2.24) is 5.06 Å². The molecule has 146 valence electrons. The predicted octanol–water partition coefficient (Wildman–Crippen LogP) is 5.71. The fourth-order valence-corrected chi connectivity index (χ4v) is 4.49. The average molecular weight is 373 g/mol. The topological polar surface area (TPSA) is 12.5 Å². The molecule has 1 fully saturated rings. The normalized spacial score (nSPS) is 16.2. The maximum atomic E-state index is 14.4. The molecule has 1 unspecified atom stereocenters. The molecule has 1 saturated carbocycles. The van der Waals surface area contributed by atoms with E-state index in [9.17, 15) is 8.78 Å². The third-order valence-electron chi connectivity index (χ3n) is 5.83.